The van der Waals surface area contributed by atoms with Crippen LogP contribution in [0.2, 0.25) is 0 Å². The Hall–Kier alpha value is 0.293. The molecule has 0 spiro atoms. The van der Waals surface area contributed by atoms with Crippen LogP contribution in [0.15, 0.2) is 36.0 Å². The molecule has 0 saturated carbocycles. The van der Waals surface area contributed by atoms with Crippen LogP contribution in [0.4, 0.5) is 0 Å². The van der Waals surface area contributed by atoms with Gasteiger partial charge in [-0.15, -0.1) is 12.8 Å². The first kappa shape index (κ1) is 17.3. The molecule has 2 aliphatic rings. The smallest absolute Gasteiger partial charge is 0.109 e. The van der Waals surface area contributed by atoms with Gasteiger partial charge in [0.1, 0.15) is 0 Å². The van der Waals surface area contributed by atoms with Crippen molar-refractivity contribution in [2.24, 2.45) is 0 Å². The molecule has 17 heavy (non-hydrogen) atoms. The molecule has 0 fully saturated rings. The van der Waals surface area contributed by atoms with Gasteiger partial charge in [-0.3, -0.25) is 12.2 Å². The number of hydrogen-bond donors (Lipinski definition) is 0. The Balaban J connectivity index is 0.000000227. The Morgan fingerprint density at radius 1 is 1.24 bits per heavy atom. The minimum Gasteiger partial charge on any atom is -0.273 e. The second-order valence-corrected chi connectivity index (χ2v) is 13.1. The molecule has 0 radical (unpaired) electrons. The molecule has 0 nitrogen and oxygen atoms in total. The van der Waals surface area contributed by atoms with E-state index in [0.29, 0.717) is 0 Å². The Kier molecular flexibility index (Phi) is 11.6. The Labute approximate surface area is 120 Å². The summed E-state index contributed by atoms with van der Waals surface area (Å²) in [5.74, 6) is 0. The van der Waals surface area contributed by atoms with Gasteiger partial charge in [0.2, 0.25) is 0 Å². The second kappa shape index (κ2) is 11.4. The van der Waals surface area contributed by atoms with E-state index in [9.17, 15) is 0 Å². The zero-order valence-electron chi connectivity index (χ0n) is 10.6. The van der Waals surface area contributed by atoms with Gasteiger partial charge in [0.25, 0.3) is 0 Å². The van der Waals surface area contributed by atoms with Crippen molar-refractivity contribution in [1.82, 2.24) is 0 Å². The van der Waals surface area contributed by atoms with Crippen molar-refractivity contribution in [3.05, 3.63) is 48.1 Å². The molecule has 94 valence electrons. The molecule has 0 heterocycles. The van der Waals surface area contributed by atoms with E-state index < -0.39 is 18.9 Å². The predicted molar refractivity (Wildman–Crippen MR) is 75.8 cm³/mol. The van der Waals surface area contributed by atoms with Crippen LogP contribution in [-0.4, -0.2) is 3.21 Å². The van der Waals surface area contributed by atoms with E-state index in [1.807, 2.05) is 26.0 Å². The van der Waals surface area contributed by atoms with Crippen LogP contribution in [0.25, 0.3) is 0 Å². The van der Waals surface area contributed by atoms with E-state index in [-0.39, 0.29) is 0 Å². The van der Waals surface area contributed by atoms with Gasteiger partial charge in [-0.2, -0.15) is 12.2 Å². The van der Waals surface area contributed by atoms with Crippen molar-refractivity contribution in [3.8, 4) is 0 Å². The summed E-state index contributed by atoms with van der Waals surface area (Å²) in [5.41, 5.74) is 1.27. The fourth-order valence-corrected chi connectivity index (χ4v) is 0.855. The SMILES string of the molecule is CC1=[C-]CC=C1.C[C](C)=[Zr]([Cl])[Cl].[C-]1=CC=CC1. The van der Waals surface area contributed by atoms with Crippen LogP contribution >= 0.6 is 17.0 Å². The van der Waals surface area contributed by atoms with Gasteiger partial charge in [0, 0.05) is 0 Å². The summed E-state index contributed by atoms with van der Waals surface area (Å²) in [7, 11) is 11.1. The zero-order chi connectivity index (χ0) is 13.1. The largest absolute Gasteiger partial charge is 0.273 e. The molecular formula is C14H18Cl2Zr-2. The average molecular weight is 348 g/mol. The molecule has 2 rings (SSSR count). The molecule has 0 amide bonds. The van der Waals surface area contributed by atoms with Gasteiger partial charge in [-0.1, -0.05) is 6.92 Å². The van der Waals surface area contributed by atoms with Crippen LogP contribution in [0.3, 0.4) is 0 Å². The van der Waals surface area contributed by atoms with Crippen molar-refractivity contribution in [2.75, 3.05) is 0 Å². The van der Waals surface area contributed by atoms with Gasteiger partial charge in [-0.25, -0.2) is 23.8 Å². The summed E-state index contributed by atoms with van der Waals surface area (Å²) in [6.45, 7) is 6.02. The molecule has 0 aromatic carbocycles. The van der Waals surface area contributed by atoms with Gasteiger partial charge in [-0.05, 0) is 0 Å². The van der Waals surface area contributed by atoms with E-state index in [0.717, 1.165) is 12.8 Å². The summed E-state index contributed by atoms with van der Waals surface area (Å²) >= 11 is -1.84. The first-order chi connectivity index (χ1) is 8.04. The third kappa shape index (κ3) is 12.5. The number of rotatable bonds is 0. The van der Waals surface area contributed by atoms with Crippen LogP contribution in [-0.2, 0) is 18.9 Å². The molecule has 0 aliphatic heterocycles. The summed E-state index contributed by atoms with van der Waals surface area (Å²) in [6.07, 6.45) is 18.3. The maximum atomic E-state index is 5.54. The van der Waals surface area contributed by atoms with Crippen LogP contribution < -0.4 is 0 Å². The van der Waals surface area contributed by atoms with Crippen molar-refractivity contribution >= 4 is 20.2 Å². The van der Waals surface area contributed by atoms with E-state index in [4.69, 9.17) is 17.0 Å². The number of hydrogen-bond acceptors (Lipinski definition) is 0. The van der Waals surface area contributed by atoms with Crippen molar-refractivity contribution in [1.29, 1.82) is 0 Å². The molecule has 0 atom stereocenters. The van der Waals surface area contributed by atoms with E-state index in [2.05, 4.69) is 37.3 Å². The van der Waals surface area contributed by atoms with E-state index >= 15 is 0 Å². The van der Waals surface area contributed by atoms with Crippen molar-refractivity contribution in [3.63, 3.8) is 0 Å². The van der Waals surface area contributed by atoms with Crippen LogP contribution in [0, 0.1) is 12.2 Å². The van der Waals surface area contributed by atoms with Crippen molar-refractivity contribution in [2.45, 2.75) is 33.6 Å². The molecule has 3 heteroatoms. The van der Waals surface area contributed by atoms with E-state index in [1.54, 1.807) is 0 Å². The second-order valence-electron chi connectivity index (χ2n) is 3.73. The van der Waals surface area contributed by atoms with E-state index in [1.165, 1.54) is 8.78 Å². The molecule has 0 unspecified atom stereocenters. The topological polar surface area (TPSA) is 0 Å². The summed E-state index contributed by atoms with van der Waals surface area (Å²) in [6, 6.07) is 0. The Morgan fingerprint density at radius 3 is 2.00 bits per heavy atom. The maximum Gasteiger partial charge on any atom is -0.109 e. The van der Waals surface area contributed by atoms with Gasteiger partial charge >= 0.3 is 53.0 Å². The minimum absolute atomic E-state index is 1.01. The van der Waals surface area contributed by atoms with Crippen LogP contribution in [0.1, 0.15) is 33.6 Å². The first-order valence-corrected chi connectivity index (χ1v) is 13.0. The fourth-order valence-electron chi connectivity index (χ4n) is 0.855. The molecule has 0 aromatic rings. The van der Waals surface area contributed by atoms with Gasteiger partial charge in [0.05, 0.1) is 0 Å². The maximum absolute atomic E-state index is 5.54. The zero-order valence-corrected chi connectivity index (χ0v) is 14.5. The average Bonchev–Trinajstić information content (AvgIpc) is 2.92. The molecule has 0 N–H and O–H groups in total. The number of allylic oxidation sites excluding steroid dienone is 8. The fraction of sp³-hybridized carbons (Fsp3) is 0.357. The third-order valence-electron chi connectivity index (χ3n) is 1.83. The van der Waals surface area contributed by atoms with Crippen LogP contribution in [0.5, 0.6) is 0 Å². The normalized spacial score (nSPS) is 14.5. The Morgan fingerprint density at radius 2 is 1.88 bits per heavy atom. The molecule has 0 bridgehead atoms. The number of halogens is 2. The summed E-state index contributed by atoms with van der Waals surface area (Å²) in [5, 5.41) is 0. The Bertz CT molecular complexity index is 330. The van der Waals surface area contributed by atoms with Crippen molar-refractivity contribution < 1.29 is 18.9 Å². The molecule has 0 aromatic heterocycles. The summed E-state index contributed by atoms with van der Waals surface area (Å²) < 4.78 is 1.24. The minimum atomic E-state index is -1.84. The summed E-state index contributed by atoms with van der Waals surface area (Å²) in [4.78, 5) is 0. The monoisotopic (exact) mass is 346 g/mol. The van der Waals surface area contributed by atoms with Gasteiger partial charge < -0.3 is 0 Å². The predicted octanol–water partition coefficient (Wildman–Crippen LogP) is 5.13. The standard InChI is InChI=1S/C6H7.C5H5.C3H6.2ClH.Zr/c1-6-4-2-3-5-6;1-2-4-5-3-1;1-3-2;;;/h2,4H,3H2,1H3;1-3H,4H2;1-2H3;2*1H;/q2*-1;;;;+2/p-2. The quantitative estimate of drug-likeness (QED) is 0.533. The first-order valence-electron chi connectivity index (χ1n) is 5.48. The molecular weight excluding hydrogens is 330 g/mol. The van der Waals surface area contributed by atoms with Gasteiger partial charge in [0.15, 0.2) is 0 Å². The third-order valence-corrected chi connectivity index (χ3v) is 8.16. The molecule has 0 saturated heterocycles. The molecule has 2 aliphatic carbocycles.